The van der Waals surface area contributed by atoms with Crippen LogP contribution in [0.2, 0.25) is 5.02 Å². The molecule has 0 unspecified atom stereocenters. The average Bonchev–Trinajstić information content (AvgIpc) is 3.60. The number of piperidine rings is 1. The molecule has 2 aromatic carbocycles. The molecular formula is C32H40ClN5O8S. The number of hydrogen-bond acceptors (Lipinski definition) is 10. The highest BCUT2D eigenvalue weighted by atomic mass is 35.5. The van der Waals surface area contributed by atoms with Gasteiger partial charge in [-0.15, -0.1) is 0 Å². The summed E-state index contributed by atoms with van der Waals surface area (Å²) in [7, 11) is -2.29. The molecule has 3 aliphatic heterocycles. The number of likely N-dealkylation sites (tertiary alicyclic amines) is 1. The molecule has 3 amide bonds. The number of amides is 3. The summed E-state index contributed by atoms with van der Waals surface area (Å²) in [6.07, 6.45) is 2.20. The van der Waals surface area contributed by atoms with Crippen molar-refractivity contribution in [3.05, 3.63) is 53.3 Å². The number of aliphatic hydroxyl groups is 1. The normalized spacial score (nSPS) is 17.6. The van der Waals surface area contributed by atoms with Gasteiger partial charge in [0.15, 0.2) is 16.6 Å². The first-order valence-corrected chi connectivity index (χ1v) is 17.7. The third-order valence-corrected chi connectivity index (χ3v) is 10.7. The van der Waals surface area contributed by atoms with E-state index >= 15 is 0 Å². The molecule has 13 nitrogen and oxygen atoms in total. The maximum absolute atomic E-state index is 13.2. The highest BCUT2D eigenvalue weighted by Crippen LogP contribution is 2.30. The van der Waals surface area contributed by atoms with Crippen molar-refractivity contribution in [2.24, 2.45) is 0 Å². The summed E-state index contributed by atoms with van der Waals surface area (Å²) in [5.74, 6) is -1.98. The molecule has 0 bridgehead atoms. The van der Waals surface area contributed by atoms with Crippen molar-refractivity contribution >= 4 is 55.9 Å². The van der Waals surface area contributed by atoms with Crippen molar-refractivity contribution in [1.29, 1.82) is 0 Å². The molecule has 0 spiro atoms. The minimum absolute atomic E-state index is 0.00693. The van der Waals surface area contributed by atoms with E-state index in [4.69, 9.17) is 16.3 Å². The van der Waals surface area contributed by atoms with Gasteiger partial charge in [-0.05, 0) is 54.3 Å². The SMILES string of the molecule is CCCC(=O)N(C)CCC(=O)OCN1C=C2C(=O)N(C3CCN(C(=O)[C@H](O)CS(=O)(=O)c4ccc5cc(Cl)ccc5c4)CC3)CN2C1. The number of fused-ring (bicyclic) bond motifs is 2. The van der Waals surface area contributed by atoms with E-state index in [2.05, 4.69) is 0 Å². The molecule has 2 aromatic rings. The molecule has 3 aliphatic rings. The second-order valence-corrected chi connectivity index (χ2v) is 14.6. The second kappa shape index (κ2) is 14.5. The Balaban J connectivity index is 1.07. The lowest BCUT2D eigenvalue weighted by Gasteiger charge is -2.37. The van der Waals surface area contributed by atoms with Gasteiger partial charge >= 0.3 is 5.97 Å². The van der Waals surface area contributed by atoms with Crippen molar-refractivity contribution in [3.8, 4) is 0 Å². The van der Waals surface area contributed by atoms with Gasteiger partial charge < -0.3 is 34.3 Å². The number of ether oxygens (including phenoxy) is 1. The molecule has 1 atom stereocenters. The van der Waals surface area contributed by atoms with Gasteiger partial charge in [-0.2, -0.15) is 0 Å². The fourth-order valence-corrected chi connectivity index (χ4v) is 7.56. The summed E-state index contributed by atoms with van der Waals surface area (Å²) in [5, 5.41) is 12.6. The molecule has 0 aromatic heterocycles. The van der Waals surface area contributed by atoms with Crippen molar-refractivity contribution in [3.63, 3.8) is 0 Å². The van der Waals surface area contributed by atoms with Crippen LogP contribution in [-0.2, 0) is 33.8 Å². The first kappa shape index (κ1) is 34.5. The van der Waals surface area contributed by atoms with Crippen LogP contribution in [0.5, 0.6) is 0 Å². The fourth-order valence-electron chi connectivity index (χ4n) is 6.04. The van der Waals surface area contributed by atoms with Crippen LogP contribution in [-0.4, -0.2) is 126 Å². The third-order valence-electron chi connectivity index (χ3n) is 8.75. The molecule has 2 fully saturated rings. The Labute approximate surface area is 279 Å². The Kier molecular flexibility index (Phi) is 10.6. The predicted molar refractivity (Wildman–Crippen MR) is 173 cm³/mol. The molecule has 0 saturated carbocycles. The first-order chi connectivity index (χ1) is 22.4. The molecular weight excluding hydrogens is 650 g/mol. The Morgan fingerprint density at radius 3 is 2.47 bits per heavy atom. The zero-order valence-electron chi connectivity index (χ0n) is 26.5. The standard InChI is InChI=1S/C32H40ClN5O8S/c1-3-4-29(40)34(2)12-11-30(41)46-21-35-17-27-31(42)38(20-37(27)19-35)25-9-13-36(14-10-25)32(43)28(39)18-47(44,45)26-8-6-22-15-24(33)7-5-23(22)16-26/h5-8,15-17,25,28,39H,3-4,9-14,18-21H2,1-2H3/t28-/m1/s1. The number of hydrogen-bond donors (Lipinski definition) is 1. The summed E-state index contributed by atoms with van der Waals surface area (Å²) in [6.45, 7) is 3.49. The van der Waals surface area contributed by atoms with Crippen LogP contribution >= 0.6 is 11.6 Å². The lowest BCUT2D eigenvalue weighted by atomic mass is 10.0. The van der Waals surface area contributed by atoms with Gasteiger partial charge in [-0.1, -0.05) is 30.7 Å². The van der Waals surface area contributed by atoms with Crippen LogP contribution in [0.1, 0.15) is 39.0 Å². The largest absolute Gasteiger partial charge is 0.444 e. The molecule has 47 heavy (non-hydrogen) atoms. The molecule has 3 heterocycles. The van der Waals surface area contributed by atoms with E-state index in [-0.39, 0.29) is 55.5 Å². The van der Waals surface area contributed by atoms with Gasteiger partial charge in [0.1, 0.15) is 11.8 Å². The van der Waals surface area contributed by atoms with Crippen molar-refractivity contribution in [2.45, 2.75) is 56.1 Å². The first-order valence-electron chi connectivity index (χ1n) is 15.7. The quantitative estimate of drug-likeness (QED) is 0.328. The minimum Gasteiger partial charge on any atom is -0.444 e. The Hall–Kier alpha value is -3.88. The monoisotopic (exact) mass is 689 g/mol. The highest BCUT2D eigenvalue weighted by molar-refractivity contribution is 7.91. The third kappa shape index (κ3) is 7.99. The van der Waals surface area contributed by atoms with Gasteiger partial charge in [0.2, 0.25) is 5.91 Å². The van der Waals surface area contributed by atoms with E-state index in [1.54, 1.807) is 47.3 Å². The van der Waals surface area contributed by atoms with Gasteiger partial charge in [0.05, 0.1) is 30.4 Å². The number of aliphatic hydroxyl groups excluding tert-OH is 1. The average molecular weight is 690 g/mol. The Morgan fingerprint density at radius 2 is 1.77 bits per heavy atom. The topological polar surface area (TPSA) is 148 Å². The number of carbonyl (C=O) groups is 4. The van der Waals surface area contributed by atoms with Crippen LogP contribution in [0.15, 0.2) is 53.2 Å². The molecule has 0 aliphatic carbocycles. The smallest absolute Gasteiger partial charge is 0.309 e. The summed E-state index contributed by atoms with van der Waals surface area (Å²) in [4.78, 5) is 58.7. The van der Waals surface area contributed by atoms with E-state index < -0.39 is 33.6 Å². The van der Waals surface area contributed by atoms with Crippen molar-refractivity contribution in [2.75, 3.05) is 52.5 Å². The molecule has 2 saturated heterocycles. The number of carbonyl (C=O) groups excluding carboxylic acids is 4. The van der Waals surface area contributed by atoms with E-state index in [9.17, 15) is 32.7 Å². The molecule has 254 valence electrons. The van der Waals surface area contributed by atoms with Gasteiger partial charge in [-0.25, -0.2) is 8.42 Å². The zero-order valence-corrected chi connectivity index (χ0v) is 28.1. The highest BCUT2D eigenvalue weighted by Gasteiger charge is 2.42. The van der Waals surface area contributed by atoms with Crippen molar-refractivity contribution in [1.82, 2.24) is 24.5 Å². The summed E-state index contributed by atoms with van der Waals surface area (Å²) in [6, 6.07) is 9.56. The Bertz CT molecular complexity index is 1680. The van der Waals surface area contributed by atoms with Gasteiger partial charge in [0.25, 0.3) is 11.8 Å². The fraction of sp³-hybridized carbons (Fsp3) is 0.500. The number of esters is 1. The van der Waals surface area contributed by atoms with Crippen LogP contribution in [0, 0.1) is 0 Å². The minimum atomic E-state index is -3.95. The van der Waals surface area contributed by atoms with Crippen LogP contribution < -0.4 is 0 Å². The van der Waals surface area contributed by atoms with Crippen LogP contribution in [0.4, 0.5) is 0 Å². The Morgan fingerprint density at radius 1 is 1.06 bits per heavy atom. The van der Waals surface area contributed by atoms with E-state index in [0.717, 1.165) is 11.8 Å². The van der Waals surface area contributed by atoms with Crippen molar-refractivity contribution < 1.29 is 37.4 Å². The molecule has 0 radical (unpaired) electrons. The number of nitrogens with zero attached hydrogens (tertiary/aromatic N) is 5. The molecule has 15 heteroatoms. The van der Waals surface area contributed by atoms with Crippen LogP contribution in [0.3, 0.4) is 0 Å². The molecule has 1 N–H and O–H groups in total. The number of rotatable bonds is 12. The summed E-state index contributed by atoms with van der Waals surface area (Å²) < 4.78 is 31.4. The lowest BCUT2D eigenvalue weighted by molar-refractivity contribution is -0.148. The zero-order chi connectivity index (χ0) is 33.9. The van der Waals surface area contributed by atoms with Crippen LogP contribution in [0.25, 0.3) is 10.8 Å². The van der Waals surface area contributed by atoms with Gasteiger partial charge in [-0.3, -0.25) is 19.2 Å². The maximum atomic E-state index is 13.2. The van der Waals surface area contributed by atoms with E-state index in [1.807, 2.05) is 11.8 Å². The number of halogens is 1. The van der Waals surface area contributed by atoms with E-state index in [1.165, 1.54) is 21.9 Å². The van der Waals surface area contributed by atoms with Gasteiger partial charge in [0, 0.05) is 50.4 Å². The lowest BCUT2D eigenvalue weighted by Crippen LogP contribution is -2.51. The second-order valence-electron chi connectivity index (χ2n) is 12.2. The predicted octanol–water partition coefficient (Wildman–Crippen LogP) is 1.98. The van der Waals surface area contributed by atoms with E-state index in [0.29, 0.717) is 48.7 Å². The summed E-state index contributed by atoms with van der Waals surface area (Å²) >= 11 is 6.01. The summed E-state index contributed by atoms with van der Waals surface area (Å²) in [5.41, 5.74) is 0.502. The number of benzene rings is 2. The molecule has 5 rings (SSSR count). The number of sulfone groups is 1. The maximum Gasteiger partial charge on any atom is 0.309 e.